The summed E-state index contributed by atoms with van der Waals surface area (Å²) in [6.45, 7) is 1.90. The molecule has 3 aromatic rings. The van der Waals surface area contributed by atoms with Gasteiger partial charge in [-0.05, 0) is 13.0 Å². The molecule has 3 rings (SSSR count). The van der Waals surface area contributed by atoms with Crippen molar-refractivity contribution in [2.24, 2.45) is 0 Å². The van der Waals surface area contributed by atoms with E-state index in [0.717, 1.165) is 10.8 Å². The van der Waals surface area contributed by atoms with Crippen molar-refractivity contribution < 1.29 is 4.39 Å². The number of rotatable bonds is 3. The van der Waals surface area contributed by atoms with E-state index in [1.165, 1.54) is 6.07 Å². The summed E-state index contributed by atoms with van der Waals surface area (Å²) in [6.07, 6.45) is 1.72. The van der Waals surface area contributed by atoms with Gasteiger partial charge in [-0.2, -0.15) is 5.10 Å². The van der Waals surface area contributed by atoms with Gasteiger partial charge in [-0.3, -0.25) is 0 Å². The van der Waals surface area contributed by atoms with E-state index in [1.54, 1.807) is 18.3 Å². The predicted octanol–water partition coefficient (Wildman–Crippen LogP) is 3.94. The fraction of sp³-hybridized carbons (Fsp3) is 0.125. The van der Waals surface area contributed by atoms with Crippen molar-refractivity contribution in [3.05, 3.63) is 66.1 Å². The van der Waals surface area contributed by atoms with E-state index in [9.17, 15) is 4.39 Å². The third-order valence-electron chi connectivity index (χ3n) is 3.30. The average Bonchev–Trinajstić information content (AvgIpc) is 2.48. The van der Waals surface area contributed by atoms with Gasteiger partial charge in [-0.1, -0.05) is 42.5 Å². The van der Waals surface area contributed by atoms with Crippen LogP contribution in [-0.4, -0.2) is 10.2 Å². The Balaban J connectivity index is 1.96. The van der Waals surface area contributed by atoms with E-state index >= 15 is 0 Å². The van der Waals surface area contributed by atoms with Crippen LogP contribution in [0.1, 0.15) is 18.5 Å². The van der Waals surface area contributed by atoms with Gasteiger partial charge in [0, 0.05) is 16.3 Å². The first-order chi connectivity index (χ1) is 9.75. The molecule has 4 heteroatoms. The Morgan fingerprint density at radius 1 is 1.05 bits per heavy atom. The molecule has 2 aromatic carbocycles. The normalized spacial score (nSPS) is 12.3. The molecule has 100 valence electrons. The Morgan fingerprint density at radius 3 is 2.65 bits per heavy atom. The van der Waals surface area contributed by atoms with Crippen molar-refractivity contribution in [1.29, 1.82) is 0 Å². The van der Waals surface area contributed by atoms with E-state index in [-0.39, 0.29) is 11.9 Å². The Bertz CT molecular complexity index is 737. The summed E-state index contributed by atoms with van der Waals surface area (Å²) >= 11 is 0. The number of hydrogen-bond acceptors (Lipinski definition) is 3. The van der Waals surface area contributed by atoms with Crippen LogP contribution in [0.25, 0.3) is 10.8 Å². The Morgan fingerprint density at radius 2 is 1.80 bits per heavy atom. The minimum absolute atomic E-state index is 0.184. The van der Waals surface area contributed by atoms with E-state index in [0.29, 0.717) is 11.4 Å². The quantitative estimate of drug-likeness (QED) is 0.781. The van der Waals surface area contributed by atoms with E-state index in [4.69, 9.17) is 0 Å². The molecule has 1 heterocycles. The van der Waals surface area contributed by atoms with Gasteiger partial charge in [0.05, 0.1) is 12.2 Å². The zero-order valence-electron chi connectivity index (χ0n) is 11.0. The molecule has 0 aliphatic carbocycles. The van der Waals surface area contributed by atoms with E-state index in [1.807, 2.05) is 37.3 Å². The molecule has 0 radical (unpaired) electrons. The van der Waals surface area contributed by atoms with Gasteiger partial charge in [0.2, 0.25) is 0 Å². The van der Waals surface area contributed by atoms with Crippen LogP contribution in [0.15, 0.2) is 54.7 Å². The lowest BCUT2D eigenvalue weighted by Crippen LogP contribution is -2.10. The van der Waals surface area contributed by atoms with Crippen LogP contribution in [-0.2, 0) is 0 Å². The molecule has 0 saturated carbocycles. The van der Waals surface area contributed by atoms with Gasteiger partial charge >= 0.3 is 0 Å². The molecule has 20 heavy (non-hydrogen) atoms. The van der Waals surface area contributed by atoms with Crippen LogP contribution >= 0.6 is 0 Å². The standard InChI is InChI=1S/C16H14FN3/c1-11(13-7-4-5-9-15(13)17)19-16-14-8-3-2-6-12(14)10-18-20-16/h2-11H,1H3,(H,19,20). The highest BCUT2D eigenvalue weighted by Crippen LogP contribution is 2.25. The molecule has 1 N–H and O–H groups in total. The third kappa shape index (κ3) is 2.32. The van der Waals surface area contributed by atoms with Crippen LogP contribution in [0.5, 0.6) is 0 Å². The Hall–Kier alpha value is -2.49. The fourth-order valence-corrected chi connectivity index (χ4v) is 2.24. The van der Waals surface area contributed by atoms with Gasteiger partial charge in [-0.15, -0.1) is 5.10 Å². The van der Waals surface area contributed by atoms with Crippen molar-refractivity contribution in [2.45, 2.75) is 13.0 Å². The number of hydrogen-bond donors (Lipinski definition) is 1. The zero-order valence-corrected chi connectivity index (χ0v) is 11.0. The predicted molar refractivity (Wildman–Crippen MR) is 78.0 cm³/mol. The number of anilines is 1. The second kappa shape index (κ2) is 5.25. The fourth-order valence-electron chi connectivity index (χ4n) is 2.24. The molecule has 1 unspecified atom stereocenters. The lowest BCUT2D eigenvalue weighted by atomic mass is 10.1. The van der Waals surface area contributed by atoms with Crippen molar-refractivity contribution in [3.63, 3.8) is 0 Å². The second-order valence-corrected chi connectivity index (χ2v) is 4.67. The van der Waals surface area contributed by atoms with Gasteiger partial charge in [0.15, 0.2) is 5.82 Å². The first-order valence-electron chi connectivity index (χ1n) is 6.47. The molecular weight excluding hydrogens is 253 g/mol. The Labute approximate surface area is 116 Å². The minimum Gasteiger partial charge on any atom is -0.361 e. The maximum absolute atomic E-state index is 13.8. The SMILES string of the molecule is CC(Nc1nncc2ccccc12)c1ccccc1F. The van der Waals surface area contributed by atoms with Gasteiger partial charge in [0.25, 0.3) is 0 Å². The molecule has 0 fully saturated rings. The summed E-state index contributed by atoms with van der Waals surface area (Å²) in [6, 6.07) is 14.4. The zero-order chi connectivity index (χ0) is 13.9. The largest absolute Gasteiger partial charge is 0.361 e. The number of aromatic nitrogens is 2. The average molecular weight is 267 g/mol. The number of halogens is 1. The summed E-state index contributed by atoms with van der Waals surface area (Å²) in [5.41, 5.74) is 0.613. The molecule has 3 nitrogen and oxygen atoms in total. The highest BCUT2D eigenvalue weighted by atomic mass is 19.1. The molecule has 0 amide bonds. The summed E-state index contributed by atoms with van der Waals surface area (Å²) in [4.78, 5) is 0. The molecule has 1 aromatic heterocycles. The molecule has 0 aliphatic rings. The molecule has 1 atom stereocenters. The number of fused-ring (bicyclic) bond motifs is 1. The molecular formula is C16H14FN3. The first kappa shape index (κ1) is 12.5. The molecule has 0 spiro atoms. The molecule has 0 saturated heterocycles. The van der Waals surface area contributed by atoms with E-state index in [2.05, 4.69) is 15.5 Å². The van der Waals surface area contributed by atoms with Gasteiger partial charge in [0.1, 0.15) is 5.82 Å². The summed E-state index contributed by atoms with van der Waals surface area (Å²) in [5, 5.41) is 13.3. The summed E-state index contributed by atoms with van der Waals surface area (Å²) < 4.78 is 13.8. The van der Waals surface area contributed by atoms with Gasteiger partial charge in [-0.25, -0.2) is 4.39 Å². The van der Waals surface area contributed by atoms with Crippen LogP contribution in [0, 0.1) is 5.82 Å². The summed E-state index contributed by atoms with van der Waals surface area (Å²) in [7, 11) is 0. The maximum Gasteiger partial charge on any atom is 0.157 e. The van der Waals surface area contributed by atoms with Crippen molar-refractivity contribution in [1.82, 2.24) is 10.2 Å². The van der Waals surface area contributed by atoms with Gasteiger partial charge < -0.3 is 5.32 Å². The van der Waals surface area contributed by atoms with Crippen molar-refractivity contribution in [2.75, 3.05) is 5.32 Å². The van der Waals surface area contributed by atoms with Crippen molar-refractivity contribution >= 4 is 16.6 Å². The van der Waals surface area contributed by atoms with Crippen LogP contribution < -0.4 is 5.32 Å². The lowest BCUT2D eigenvalue weighted by Gasteiger charge is -2.16. The highest BCUT2D eigenvalue weighted by Gasteiger charge is 2.12. The second-order valence-electron chi connectivity index (χ2n) is 4.67. The maximum atomic E-state index is 13.8. The monoisotopic (exact) mass is 267 g/mol. The van der Waals surface area contributed by atoms with Crippen molar-refractivity contribution in [3.8, 4) is 0 Å². The topological polar surface area (TPSA) is 37.8 Å². The minimum atomic E-state index is -0.222. The van der Waals surface area contributed by atoms with Crippen LogP contribution in [0.2, 0.25) is 0 Å². The number of nitrogens with one attached hydrogen (secondary N) is 1. The summed E-state index contributed by atoms with van der Waals surface area (Å²) in [5.74, 6) is 0.444. The number of benzene rings is 2. The lowest BCUT2D eigenvalue weighted by molar-refractivity contribution is 0.600. The first-order valence-corrected chi connectivity index (χ1v) is 6.47. The van der Waals surface area contributed by atoms with Crippen LogP contribution in [0.4, 0.5) is 10.2 Å². The number of nitrogens with zero attached hydrogens (tertiary/aromatic N) is 2. The third-order valence-corrected chi connectivity index (χ3v) is 3.30. The molecule has 0 bridgehead atoms. The smallest absolute Gasteiger partial charge is 0.157 e. The highest BCUT2D eigenvalue weighted by molar-refractivity contribution is 5.90. The Kier molecular flexibility index (Phi) is 3.29. The molecule has 0 aliphatic heterocycles. The van der Waals surface area contributed by atoms with Crippen LogP contribution in [0.3, 0.4) is 0 Å². The van der Waals surface area contributed by atoms with E-state index < -0.39 is 0 Å².